The fourth-order valence-electron chi connectivity index (χ4n) is 1.45. The predicted molar refractivity (Wildman–Crippen MR) is 70.3 cm³/mol. The third kappa shape index (κ3) is 3.16. The van der Waals surface area contributed by atoms with E-state index in [-0.39, 0.29) is 18.4 Å². The number of hydrogen-bond acceptors (Lipinski definition) is 3. The maximum atomic E-state index is 11.6. The molecule has 0 aliphatic carbocycles. The molecule has 1 aliphatic heterocycles. The largest absolute Gasteiger partial charge is 0.494 e. The molecular formula is C12H12Cl2N2O2. The van der Waals surface area contributed by atoms with E-state index >= 15 is 0 Å². The van der Waals surface area contributed by atoms with E-state index in [1.807, 2.05) is 0 Å². The maximum Gasteiger partial charge on any atom is 0.238 e. The van der Waals surface area contributed by atoms with Crippen LogP contribution in [0.3, 0.4) is 0 Å². The molecule has 4 nitrogen and oxygen atoms in total. The lowest BCUT2D eigenvalue weighted by Gasteiger charge is -2.30. The second kappa shape index (κ2) is 5.61. The van der Waals surface area contributed by atoms with E-state index in [4.69, 9.17) is 27.9 Å². The van der Waals surface area contributed by atoms with Crippen molar-refractivity contribution in [3.63, 3.8) is 0 Å². The Balaban J connectivity index is 1.83. The number of hydrazine groups is 1. The molecule has 0 saturated carbocycles. The first-order valence-corrected chi connectivity index (χ1v) is 6.12. The van der Waals surface area contributed by atoms with E-state index in [1.54, 1.807) is 18.2 Å². The molecule has 2 N–H and O–H groups in total. The minimum absolute atomic E-state index is 0.0113. The highest BCUT2D eigenvalue weighted by Gasteiger charge is 2.24. The lowest BCUT2D eigenvalue weighted by atomic mass is 10.1. The summed E-state index contributed by atoms with van der Waals surface area (Å²) < 4.78 is 4.98. The van der Waals surface area contributed by atoms with E-state index in [0.29, 0.717) is 22.4 Å². The summed E-state index contributed by atoms with van der Waals surface area (Å²) in [6.07, 6.45) is 0.226. The number of halogens is 2. The lowest BCUT2D eigenvalue weighted by Crippen LogP contribution is -2.52. The van der Waals surface area contributed by atoms with Crippen LogP contribution >= 0.6 is 23.2 Å². The molecule has 1 aromatic carbocycles. The Morgan fingerprint density at radius 3 is 2.78 bits per heavy atom. The van der Waals surface area contributed by atoms with Gasteiger partial charge in [-0.15, -0.1) is 0 Å². The Hall–Kier alpha value is -1.23. The summed E-state index contributed by atoms with van der Waals surface area (Å²) in [6, 6.07) is 5.10. The summed E-state index contributed by atoms with van der Waals surface area (Å²) >= 11 is 11.7. The molecule has 0 spiro atoms. The van der Waals surface area contributed by atoms with Crippen molar-refractivity contribution in [1.82, 2.24) is 10.9 Å². The van der Waals surface area contributed by atoms with Crippen LogP contribution in [0.1, 0.15) is 5.56 Å². The van der Waals surface area contributed by atoms with E-state index in [9.17, 15) is 4.79 Å². The van der Waals surface area contributed by atoms with Crippen LogP contribution in [0.2, 0.25) is 10.0 Å². The number of hydrogen-bond donors (Lipinski definition) is 2. The van der Waals surface area contributed by atoms with E-state index in [1.165, 1.54) is 0 Å². The first kappa shape index (κ1) is 13.2. The van der Waals surface area contributed by atoms with Crippen LogP contribution in [-0.2, 0) is 16.0 Å². The molecule has 18 heavy (non-hydrogen) atoms. The zero-order chi connectivity index (χ0) is 13.1. The van der Waals surface area contributed by atoms with Crippen LogP contribution in [0.5, 0.6) is 0 Å². The fourth-order valence-corrected chi connectivity index (χ4v) is 1.77. The molecule has 96 valence electrons. The number of carbonyl (C=O) groups excluding carboxylic acids is 1. The number of ether oxygens (including phenoxy) is 1. The second-order valence-corrected chi connectivity index (χ2v) is 4.76. The first-order valence-electron chi connectivity index (χ1n) is 5.36. The van der Waals surface area contributed by atoms with Crippen LogP contribution in [0.4, 0.5) is 0 Å². The molecule has 1 heterocycles. The molecule has 2 rings (SSSR count). The Morgan fingerprint density at radius 2 is 2.22 bits per heavy atom. The van der Waals surface area contributed by atoms with Gasteiger partial charge in [0.25, 0.3) is 0 Å². The van der Waals surface area contributed by atoms with Gasteiger partial charge in [0.2, 0.25) is 5.91 Å². The Bertz CT molecular complexity index is 491. The van der Waals surface area contributed by atoms with Crippen molar-refractivity contribution in [2.24, 2.45) is 0 Å². The molecule has 1 aromatic rings. The Labute approximate surface area is 115 Å². The molecule has 1 amide bonds. The van der Waals surface area contributed by atoms with Crippen molar-refractivity contribution >= 4 is 29.1 Å². The van der Waals surface area contributed by atoms with Crippen molar-refractivity contribution in [3.8, 4) is 0 Å². The Kier molecular flexibility index (Phi) is 4.11. The second-order valence-electron chi connectivity index (χ2n) is 3.95. The number of carbonyl (C=O) groups is 1. The number of benzene rings is 1. The normalized spacial score (nSPS) is 17.9. The molecule has 1 fully saturated rings. The number of amides is 1. The molecule has 1 saturated heterocycles. The molecule has 0 radical (unpaired) electrons. The van der Waals surface area contributed by atoms with Gasteiger partial charge < -0.3 is 4.74 Å². The monoisotopic (exact) mass is 286 g/mol. The van der Waals surface area contributed by atoms with Gasteiger partial charge in [-0.2, -0.15) is 0 Å². The quantitative estimate of drug-likeness (QED) is 0.833. The van der Waals surface area contributed by atoms with Crippen molar-refractivity contribution in [2.75, 3.05) is 6.61 Å². The van der Waals surface area contributed by atoms with Gasteiger partial charge in [-0.25, -0.2) is 5.43 Å². The number of rotatable bonds is 4. The molecule has 1 unspecified atom stereocenters. The summed E-state index contributed by atoms with van der Waals surface area (Å²) in [5, 5.41) is 0.914. The van der Waals surface area contributed by atoms with Crippen molar-refractivity contribution in [3.05, 3.63) is 46.1 Å². The topological polar surface area (TPSA) is 50.4 Å². The highest BCUT2D eigenvalue weighted by Crippen LogP contribution is 2.22. The van der Waals surface area contributed by atoms with Crippen LogP contribution in [0.15, 0.2) is 30.5 Å². The van der Waals surface area contributed by atoms with Crippen LogP contribution in [-0.4, -0.2) is 18.6 Å². The molecule has 0 aromatic heterocycles. The third-order valence-electron chi connectivity index (χ3n) is 2.56. The van der Waals surface area contributed by atoms with Gasteiger partial charge in [-0.3, -0.25) is 10.2 Å². The summed E-state index contributed by atoms with van der Waals surface area (Å²) in [5.41, 5.74) is 6.22. The van der Waals surface area contributed by atoms with Gasteiger partial charge >= 0.3 is 0 Å². The highest BCUT2D eigenvalue weighted by atomic mass is 35.5. The standard InChI is InChI=1S/C12H12Cl2N2O2/c1-7-11(6-18-7)15-16-12(17)5-8-2-3-9(13)10(14)4-8/h2-4,11,15H,1,5-6H2,(H,16,17). The smallest absolute Gasteiger partial charge is 0.238 e. The van der Waals surface area contributed by atoms with Gasteiger partial charge in [0.1, 0.15) is 18.4 Å². The minimum atomic E-state index is -0.159. The van der Waals surface area contributed by atoms with Gasteiger partial charge in [0.05, 0.1) is 16.5 Å². The van der Waals surface area contributed by atoms with Gasteiger partial charge in [0, 0.05) is 0 Å². The molecule has 1 aliphatic rings. The lowest BCUT2D eigenvalue weighted by molar-refractivity contribution is -0.122. The van der Waals surface area contributed by atoms with Crippen LogP contribution < -0.4 is 10.9 Å². The van der Waals surface area contributed by atoms with Gasteiger partial charge in [-0.1, -0.05) is 35.8 Å². The average molecular weight is 287 g/mol. The van der Waals surface area contributed by atoms with E-state index in [2.05, 4.69) is 17.4 Å². The number of nitrogens with one attached hydrogen (secondary N) is 2. The third-order valence-corrected chi connectivity index (χ3v) is 3.30. The van der Waals surface area contributed by atoms with E-state index < -0.39 is 0 Å². The summed E-state index contributed by atoms with van der Waals surface area (Å²) in [7, 11) is 0. The maximum absolute atomic E-state index is 11.6. The SMILES string of the molecule is C=C1OCC1NNC(=O)Cc1ccc(Cl)c(Cl)c1. The molecule has 6 heteroatoms. The fraction of sp³-hybridized carbons (Fsp3) is 0.250. The van der Waals surface area contributed by atoms with Crippen molar-refractivity contribution < 1.29 is 9.53 Å². The molecule has 1 atom stereocenters. The molecule has 0 bridgehead atoms. The van der Waals surface area contributed by atoms with Gasteiger partial charge in [0.15, 0.2) is 0 Å². The summed E-state index contributed by atoms with van der Waals surface area (Å²) in [4.78, 5) is 11.6. The first-order chi connectivity index (χ1) is 8.56. The highest BCUT2D eigenvalue weighted by molar-refractivity contribution is 6.42. The molecular weight excluding hydrogens is 275 g/mol. The van der Waals surface area contributed by atoms with Crippen LogP contribution in [0.25, 0.3) is 0 Å². The predicted octanol–water partition coefficient (Wildman–Crippen LogP) is 2.07. The Morgan fingerprint density at radius 1 is 1.44 bits per heavy atom. The summed E-state index contributed by atoms with van der Waals surface area (Å²) in [5.74, 6) is 0.470. The van der Waals surface area contributed by atoms with Gasteiger partial charge in [-0.05, 0) is 17.7 Å². The summed E-state index contributed by atoms with van der Waals surface area (Å²) in [6.45, 7) is 4.18. The van der Waals surface area contributed by atoms with Crippen molar-refractivity contribution in [2.45, 2.75) is 12.5 Å². The van der Waals surface area contributed by atoms with Crippen LogP contribution in [0, 0.1) is 0 Å². The average Bonchev–Trinajstić information content (AvgIpc) is 2.32. The minimum Gasteiger partial charge on any atom is -0.494 e. The zero-order valence-corrected chi connectivity index (χ0v) is 11.0. The zero-order valence-electron chi connectivity index (χ0n) is 9.50. The van der Waals surface area contributed by atoms with Crippen molar-refractivity contribution in [1.29, 1.82) is 0 Å². The van der Waals surface area contributed by atoms with E-state index in [0.717, 1.165) is 5.56 Å².